The van der Waals surface area contributed by atoms with Crippen LogP contribution in [0.3, 0.4) is 0 Å². The predicted octanol–water partition coefficient (Wildman–Crippen LogP) is 1.46. The number of allylic oxidation sites excluding steroid dienone is 2. The van der Waals surface area contributed by atoms with Crippen molar-refractivity contribution in [3.63, 3.8) is 0 Å². The molecule has 0 amide bonds. The summed E-state index contributed by atoms with van der Waals surface area (Å²) in [7, 11) is 0. The van der Waals surface area contributed by atoms with Crippen LogP contribution in [-0.4, -0.2) is 17.0 Å². The molecule has 2 nitrogen and oxygen atoms in total. The number of rotatable bonds is 0. The van der Waals surface area contributed by atoms with Gasteiger partial charge in [0.15, 0.2) is 5.78 Å². The smallest absolute Gasteiger partial charge is 0.181 e. The summed E-state index contributed by atoms with van der Waals surface area (Å²) in [6.45, 7) is 2.10. The van der Waals surface area contributed by atoms with Crippen LogP contribution in [0.15, 0.2) is 23.8 Å². The van der Waals surface area contributed by atoms with Crippen molar-refractivity contribution in [2.75, 3.05) is 0 Å². The molecule has 2 heteroatoms. The molecule has 0 bridgehead atoms. The number of fused-ring (bicyclic) bond motifs is 1. The Kier molecular flexibility index (Phi) is 2.08. The predicted molar refractivity (Wildman–Crippen MR) is 50.1 cm³/mol. The van der Waals surface area contributed by atoms with Crippen LogP contribution >= 0.6 is 0 Å². The lowest BCUT2D eigenvalue weighted by atomic mass is 9.72. The zero-order valence-electron chi connectivity index (χ0n) is 7.73. The number of carbonyl (C=O) groups is 1. The SMILES string of the molecule is C[C@@H]1CCC=C2C(=O)C=C[C@@H](O)[C@H]21. The van der Waals surface area contributed by atoms with E-state index in [1.54, 1.807) is 6.08 Å². The van der Waals surface area contributed by atoms with Crippen LogP contribution in [0.5, 0.6) is 0 Å². The van der Waals surface area contributed by atoms with Crippen molar-refractivity contribution in [1.82, 2.24) is 0 Å². The Labute approximate surface area is 78.0 Å². The molecule has 0 aromatic rings. The Morgan fingerprint density at radius 2 is 2.31 bits per heavy atom. The third kappa shape index (κ3) is 1.35. The average molecular weight is 178 g/mol. The first-order valence-electron chi connectivity index (χ1n) is 4.81. The quantitative estimate of drug-likeness (QED) is 0.609. The normalized spacial score (nSPS) is 38.5. The molecule has 0 aromatic heterocycles. The summed E-state index contributed by atoms with van der Waals surface area (Å²) in [6, 6.07) is 0. The monoisotopic (exact) mass is 178 g/mol. The van der Waals surface area contributed by atoms with Crippen molar-refractivity contribution < 1.29 is 9.90 Å². The van der Waals surface area contributed by atoms with Gasteiger partial charge >= 0.3 is 0 Å². The third-order valence-electron chi connectivity index (χ3n) is 3.06. The first kappa shape index (κ1) is 8.70. The molecule has 0 unspecified atom stereocenters. The average Bonchev–Trinajstić information content (AvgIpc) is 2.12. The zero-order chi connectivity index (χ0) is 9.42. The number of hydrogen-bond acceptors (Lipinski definition) is 2. The van der Waals surface area contributed by atoms with Gasteiger partial charge in [-0.05, 0) is 24.8 Å². The van der Waals surface area contributed by atoms with E-state index in [0.717, 1.165) is 18.4 Å². The number of carbonyl (C=O) groups excluding carboxylic acids is 1. The van der Waals surface area contributed by atoms with Crippen LogP contribution in [0, 0.1) is 11.8 Å². The highest BCUT2D eigenvalue weighted by atomic mass is 16.3. The molecule has 2 rings (SSSR count). The third-order valence-corrected chi connectivity index (χ3v) is 3.06. The van der Waals surface area contributed by atoms with E-state index in [1.807, 2.05) is 6.08 Å². The lowest BCUT2D eigenvalue weighted by molar-refractivity contribution is -0.113. The van der Waals surface area contributed by atoms with E-state index < -0.39 is 6.10 Å². The van der Waals surface area contributed by atoms with Gasteiger partial charge in [-0.25, -0.2) is 0 Å². The highest BCUT2D eigenvalue weighted by Crippen LogP contribution is 2.36. The van der Waals surface area contributed by atoms with Gasteiger partial charge in [-0.1, -0.05) is 19.1 Å². The maximum absolute atomic E-state index is 11.5. The van der Waals surface area contributed by atoms with Gasteiger partial charge in [0.1, 0.15) is 0 Å². The van der Waals surface area contributed by atoms with E-state index in [2.05, 4.69) is 6.92 Å². The molecule has 0 spiro atoms. The summed E-state index contributed by atoms with van der Waals surface area (Å²) in [6.07, 6.45) is 6.68. The van der Waals surface area contributed by atoms with Crippen molar-refractivity contribution in [3.05, 3.63) is 23.8 Å². The second-order valence-corrected chi connectivity index (χ2v) is 3.95. The van der Waals surface area contributed by atoms with E-state index in [1.165, 1.54) is 6.08 Å². The van der Waals surface area contributed by atoms with Gasteiger partial charge in [-0.2, -0.15) is 0 Å². The van der Waals surface area contributed by atoms with Gasteiger partial charge < -0.3 is 5.11 Å². The van der Waals surface area contributed by atoms with Crippen LogP contribution in [0.4, 0.5) is 0 Å². The van der Waals surface area contributed by atoms with Gasteiger partial charge in [-0.3, -0.25) is 4.79 Å². The fourth-order valence-electron chi connectivity index (χ4n) is 2.31. The number of aliphatic hydroxyl groups is 1. The van der Waals surface area contributed by atoms with Gasteiger partial charge in [-0.15, -0.1) is 0 Å². The first-order chi connectivity index (χ1) is 6.20. The van der Waals surface area contributed by atoms with Crippen LogP contribution in [0.25, 0.3) is 0 Å². The lowest BCUT2D eigenvalue weighted by Gasteiger charge is -2.33. The highest BCUT2D eigenvalue weighted by molar-refractivity contribution is 6.05. The van der Waals surface area contributed by atoms with Gasteiger partial charge in [0.2, 0.25) is 0 Å². The van der Waals surface area contributed by atoms with E-state index in [-0.39, 0.29) is 11.7 Å². The summed E-state index contributed by atoms with van der Waals surface area (Å²) >= 11 is 0. The fraction of sp³-hybridized carbons (Fsp3) is 0.545. The van der Waals surface area contributed by atoms with Gasteiger partial charge in [0, 0.05) is 11.5 Å². The molecule has 0 radical (unpaired) electrons. The van der Waals surface area contributed by atoms with Crippen molar-refractivity contribution in [3.8, 4) is 0 Å². The van der Waals surface area contributed by atoms with Crippen LogP contribution in [0.2, 0.25) is 0 Å². The fourth-order valence-corrected chi connectivity index (χ4v) is 2.31. The van der Waals surface area contributed by atoms with Crippen molar-refractivity contribution in [2.45, 2.75) is 25.9 Å². The topological polar surface area (TPSA) is 37.3 Å². The minimum atomic E-state index is -0.459. The minimum Gasteiger partial charge on any atom is -0.388 e. The molecular weight excluding hydrogens is 164 g/mol. The molecule has 0 heterocycles. The molecule has 3 atom stereocenters. The van der Waals surface area contributed by atoms with E-state index in [0.29, 0.717) is 5.92 Å². The number of ketones is 1. The van der Waals surface area contributed by atoms with E-state index in [4.69, 9.17) is 0 Å². The summed E-state index contributed by atoms with van der Waals surface area (Å²) < 4.78 is 0. The Bertz CT molecular complexity index is 288. The summed E-state index contributed by atoms with van der Waals surface area (Å²) in [4.78, 5) is 11.5. The van der Waals surface area contributed by atoms with Crippen molar-refractivity contribution in [1.29, 1.82) is 0 Å². The summed E-state index contributed by atoms with van der Waals surface area (Å²) in [5.74, 6) is 0.553. The zero-order valence-corrected chi connectivity index (χ0v) is 7.73. The maximum atomic E-state index is 11.5. The lowest BCUT2D eigenvalue weighted by Crippen LogP contribution is -2.34. The summed E-state index contributed by atoms with van der Waals surface area (Å²) in [5.41, 5.74) is 0.828. The molecule has 0 saturated carbocycles. The van der Waals surface area contributed by atoms with Gasteiger partial charge in [0.25, 0.3) is 0 Å². The molecule has 0 saturated heterocycles. The van der Waals surface area contributed by atoms with Crippen LogP contribution in [0.1, 0.15) is 19.8 Å². The van der Waals surface area contributed by atoms with Gasteiger partial charge in [0.05, 0.1) is 6.10 Å². The van der Waals surface area contributed by atoms with Crippen molar-refractivity contribution in [2.24, 2.45) is 11.8 Å². The molecule has 2 aliphatic rings. The highest BCUT2D eigenvalue weighted by Gasteiger charge is 2.34. The van der Waals surface area contributed by atoms with Crippen LogP contribution in [-0.2, 0) is 4.79 Å². The van der Waals surface area contributed by atoms with Crippen LogP contribution < -0.4 is 0 Å². The molecular formula is C11H14O2. The summed E-state index contributed by atoms with van der Waals surface area (Å²) in [5, 5.41) is 9.71. The molecule has 1 N–H and O–H groups in total. The number of hydrogen-bond donors (Lipinski definition) is 1. The Balaban J connectivity index is 2.38. The second kappa shape index (κ2) is 3.11. The Morgan fingerprint density at radius 1 is 1.54 bits per heavy atom. The number of aliphatic hydroxyl groups excluding tert-OH is 1. The van der Waals surface area contributed by atoms with E-state index in [9.17, 15) is 9.90 Å². The standard InChI is InChI=1S/C11H14O2/c1-7-3-2-4-8-9(12)5-6-10(13)11(7)8/h4-7,10-11,13H,2-3H2,1H3/t7-,10-,11+/m1/s1. The molecule has 0 aliphatic heterocycles. The Hall–Kier alpha value is -0.890. The maximum Gasteiger partial charge on any atom is 0.181 e. The molecule has 0 aromatic carbocycles. The molecule has 70 valence electrons. The Morgan fingerprint density at radius 3 is 3.00 bits per heavy atom. The van der Waals surface area contributed by atoms with E-state index >= 15 is 0 Å². The minimum absolute atomic E-state index is 0.0475. The molecule has 2 aliphatic carbocycles. The molecule has 13 heavy (non-hydrogen) atoms. The second-order valence-electron chi connectivity index (χ2n) is 3.95. The molecule has 0 fully saturated rings. The van der Waals surface area contributed by atoms with Crippen molar-refractivity contribution >= 4 is 5.78 Å². The largest absolute Gasteiger partial charge is 0.388 e. The first-order valence-corrected chi connectivity index (χ1v) is 4.81.